The second-order valence-electron chi connectivity index (χ2n) is 5.66. The smallest absolute Gasteiger partial charge is 0.246 e. The first-order valence-electron chi connectivity index (χ1n) is 7.63. The van der Waals surface area contributed by atoms with E-state index in [0.717, 1.165) is 38.4 Å². The molecule has 0 saturated carbocycles. The molecular formula is C20H11BrN2O. The molecule has 0 spiro atoms. The third-order valence-corrected chi connectivity index (χ3v) is 4.61. The van der Waals surface area contributed by atoms with Gasteiger partial charge >= 0.3 is 0 Å². The third-order valence-electron chi connectivity index (χ3n) is 4.23. The van der Waals surface area contributed by atoms with Crippen molar-refractivity contribution in [2.24, 2.45) is 0 Å². The van der Waals surface area contributed by atoms with Crippen LogP contribution in [0.3, 0.4) is 0 Å². The largest absolute Gasteiger partial charge is 0.436 e. The molecule has 0 saturated heterocycles. The van der Waals surface area contributed by atoms with Crippen LogP contribution in [0.5, 0.6) is 0 Å². The van der Waals surface area contributed by atoms with Gasteiger partial charge in [-0.1, -0.05) is 54.6 Å². The van der Waals surface area contributed by atoms with E-state index in [1.165, 1.54) is 0 Å². The molecule has 2 aromatic heterocycles. The maximum absolute atomic E-state index is 6.11. The molecule has 0 fully saturated rings. The molecule has 2 heterocycles. The van der Waals surface area contributed by atoms with Gasteiger partial charge < -0.3 is 4.42 Å². The molecule has 5 aromatic rings. The van der Waals surface area contributed by atoms with Gasteiger partial charge in [0.1, 0.15) is 15.7 Å². The van der Waals surface area contributed by atoms with Crippen LogP contribution in [0.4, 0.5) is 0 Å². The Hall–Kier alpha value is -2.72. The number of halogens is 1. The van der Waals surface area contributed by atoms with Gasteiger partial charge in [0.15, 0.2) is 0 Å². The van der Waals surface area contributed by atoms with E-state index < -0.39 is 0 Å². The number of furan rings is 1. The van der Waals surface area contributed by atoms with Gasteiger partial charge in [0.05, 0.1) is 11.6 Å². The van der Waals surface area contributed by atoms with E-state index in [9.17, 15) is 0 Å². The van der Waals surface area contributed by atoms with Gasteiger partial charge in [-0.3, -0.25) is 0 Å². The zero-order chi connectivity index (χ0) is 16.1. The van der Waals surface area contributed by atoms with Crippen LogP contribution < -0.4 is 0 Å². The average molecular weight is 375 g/mol. The lowest BCUT2D eigenvalue weighted by Crippen LogP contribution is -1.83. The Kier molecular flexibility index (Phi) is 2.94. The molecule has 0 aliphatic carbocycles. The first kappa shape index (κ1) is 13.7. The van der Waals surface area contributed by atoms with Crippen LogP contribution in [0.1, 0.15) is 0 Å². The van der Waals surface area contributed by atoms with Crippen molar-refractivity contribution in [1.82, 2.24) is 9.97 Å². The molecule has 0 atom stereocenters. The number of fused-ring (bicyclic) bond motifs is 5. The molecule has 0 aliphatic heterocycles. The maximum atomic E-state index is 6.11. The summed E-state index contributed by atoms with van der Waals surface area (Å²) in [4.78, 5) is 8.99. The summed E-state index contributed by atoms with van der Waals surface area (Å²) in [6.45, 7) is 0. The highest BCUT2D eigenvalue weighted by atomic mass is 79.9. The van der Waals surface area contributed by atoms with Gasteiger partial charge in [-0.15, -0.1) is 0 Å². The topological polar surface area (TPSA) is 38.9 Å². The Morgan fingerprint density at radius 2 is 1.71 bits per heavy atom. The minimum absolute atomic E-state index is 0.557. The Morgan fingerprint density at radius 3 is 2.58 bits per heavy atom. The number of aromatic nitrogens is 2. The first-order chi connectivity index (χ1) is 11.8. The lowest BCUT2D eigenvalue weighted by Gasteiger charge is -2.06. The van der Waals surface area contributed by atoms with Gasteiger partial charge in [0.2, 0.25) is 5.71 Å². The molecule has 0 radical (unpaired) electrons. The lowest BCUT2D eigenvalue weighted by molar-refractivity contribution is 0.654. The highest BCUT2D eigenvalue weighted by Gasteiger charge is 2.17. The molecule has 0 amide bonds. The van der Waals surface area contributed by atoms with Crippen molar-refractivity contribution in [3.63, 3.8) is 0 Å². The number of nitrogens with zero attached hydrogens (tertiary/aromatic N) is 2. The van der Waals surface area contributed by atoms with Crippen LogP contribution in [0.2, 0.25) is 0 Å². The molecule has 3 nitrogen and oxygen atoms in total. The van der Waals surface area contributed by atoms with Gasteiger partial charge in [-0.2, -0.15) is 0 Å². The fraction of sp³-hybridized carbons (Fsp3) is 0. The predicted molar refractivity (Wildman–Crippen MR) is 100.0 cm³/mol. The van der Waals surface area contributed by atoms with E-state index in [1.807, 2.05) is 30.3 Å². The minimum Gasteiger partial charge on any atom is -0.436 e. The Bertz CT molecular complexity index is 1210. The third kappa shape index (κ3) is 1.96. The van der Waals surface area contributed by atoms with Crippen molar-refractivity contribution in [2.45, 2.75) is 0 Å². The molecule has 5 rings (SSSR count). The highest BCUT2D eigenvalue weighted by molar-refractivity contribution is 9.10. The van der Waals surface area contributed by atoms with Crippen molar-refractivity contribution in [2.75, 3.05) is 0 Å². The van der Waals surface area contributed by atoms with Crippen molar-refractivity contribution < 1.29 is 4.42 Å². The standard InChI is InChI=1S/C20H11BrN2O/c21-16-11-22-20-18(23-16)17-14-9-5-4-8-13(14)10-15(19(17)24-20)12-6-2-1-3-7-12/h1-11H. The molecule has 4 heteroatoms. The molecular weight excluding hydrogens is 364 g/mol. The Labute approximate surface area is 146 Å². The Morgan fingerprint density at radius 1 is 0.917 bits per heavy atom. The van der Waals surface area contributed by atoms with Crippen LogP contribution in [-0.2, 0) is 0 Å². The fourth-order valence-corrected chi connectivity index (χ4v) is 3.47. The summed E-state index contributed by atoms with van der Waals surface area (Å²) in [5.74, 6) is 0. The summed E-state index contributed by atoms with van der Waals surface area (Å²) < 4.78 is 6.81. The number of hydrogen-bond donors (Lipinski definition) is 0. The summed E-state index contributed by atoms with van der Waals surface area (Å²) in [6.07, 6.45) is 1.66. The number of hydrogen-bond acceptors (Lipinski definition) is 3. The van der Waals surface area contributed by atoms with Gasteiger partial charge in [-0.25, -0.2) is 9.97 Å². The van der Waals surface area contributed by atoms with E-state index in [4.69, 9.17) is 4.42 Å². The molecule has 0 aliphatic rings. The Balaban J connectivity index is 2.05. The van der Waals surface area contributed by atoms with E-state index in [-0.39, 0.29) is 0 Å². The lowest BCUT2D eigenvalue weighted by atomic mass is 9.97. The van der Waals surface area contributed by atoms with E-state index in [2.05, 4.69) is 56.2 Å². The SMILES string of the molecule is Brc1cnc2oc3c(-c4ccccc4)cc4ccccc4c3c2n1. The fourth-order valence-electron chi connectivity index (χ4n) is 3.19. The molecule has 0 N–H and O–H groups in total. The van der Waals surface area contributed by atoms with Crippen LogP contribution in [0.15, 0.2) is 75.9 Å². The van der Waals surface area contributed by atoms with Gasteiger partial charge in [-0.05, 0) is 38.3 Å². The van der Waals surface area contributed by atoms with Gasteiger partial charge in [0, 0.05) is 5.56 Å². The minimum atomic E-state index is 0.557. The predicted octanol–water partition coefficient (Wildman–Crippen LogP) is 5.96. The summed E-state index contributed by atoms with van der Waals surface area (Å²) in [5.41, 5.74) is 4.34. The maximum Gasteiger partial charge on any atom is 0.246 e. The van der Waals surface area contributed by atoms with Crippen LogP contribution in [0, 0.1) is 0 Å². The van der Waals surface area contributed by atoms with Crippen molar-refractivity contribution in [3.05, 3.63) is 71.5 Å². The zero-order valence-electron chi connectivity index (χ0n) is 12.5. The van der Waals surface area contributed by atoms with E-state index in [1.54, 1.807) is 6.20 Å². The number of rotatable bonds is 1. The summed E-state index contributed by atoms with van der Waals surface area (Å²) in [7, 11) is 0. The second-order valence-corrected chi connectivity index (χ2v) is 6.48. The average Bonchev–Trinajstić information content (AvgIpc) is 3.01. The first-order valence-corrected chi connectivity index (χ1v) is 8.42. The van der Waals surface area contributed by atoms with E-state index in [0.29, 0.717) is 10.3 Å². The van der Waals surface area contributed by atoms with Crippen molar-refractivity contribution in [3.8, 4) is 11.1 Å². The molecule has 0 unspecified atom stereocenters. The zero-order valence-corrected chi connectivity index (χ0v) is 14.1. The summed E-state index contributed by atoms with van der Waals surface area (Å²) in [5, 5.41) is 3.29. The molecule has 3 aromatic carbocycles. The molecule has 114 valence electrons. The monoisotopic (exact) mass is 374 g/mol. The van der Waals surface area contributed by atoms with Crippen molar-refractivity contribution in [1.29, 1.82) is 0 Å². The second kappa shape index (κ2) is 5.14. The summed E-state index contributed by atoms with van der Waals surface area (Å²) >= 11 is 3.42. The van der Waals surface area contributed by atoms with Crippen LogP contribution in [-0.4, -0.2) is 9.97 Å². The summed E-state index contributed by atoms with van der Waals surface area (Å²) in [6, 6.07) is 20.7. The van der Waals surface area contributed by atoms with Gasteiger partial charge in [0.25, 0.3) is 0 Å². The molecule has 24 heavy (non-hydrogen) atoms. The highest BCUT2D eigenvalue weighted by Crippen LogP contribution is 2.39. The van der Waals surface area contributed by atoms with E-state index >= 15 is 0 Å². The number of benzene rings is 3. The molecule has 0 bridgehead atoms. The van der Waals surface area contributed by atoms with Crippen molar-refractivity contribution >= 4 is 48.9 Å². The van der Waals surface area contributed by atoms with Crippen LogP contribution in [0.25, 0.3) is 44.1 Å². The van der Waals surface area contributed by atoms with Crippen LogP contribution >= 0.6 is 15.9 Å². The quantitative estimate of drug-likeness (QED) is 0.363. The normalized spacial score (nSPS) is 11.5.